The first-order valence-electron chi connectivity index (χ1n) is 6.23. The topological polar surface area (TPSA) is 38.1 Å². The first kappa shape index (κ1) is 11.6. The second kappa shape index (κ2) is 4.58. The third kappa shape index (κ3) is 2.64. The van der Waals surface area contributed by atoms with Gasteiger partial charge in [-0.05, 0) is 32.1 Å². The average molecular weight is 222 g/mol. The first-order chi connectivity index (χ1) is 7.59. The molecule has 1 aliphatic rings. The van der Waals surface area contributed by atoms with Crippen LogP contribution in [0.2, 0.25) is 0 Å². The lowest BCUT2D eigenvalue weighted by molar-refractivity contribution is 0.306. The standard InChI is InChI=1S/C13H22N2O/c1-10-11(2)16-12(15-10)8-14-9-13(3)6-4-5-7-13/h14H,4-9H2,1-3H3. The monoisotopic (exact) mass is 222 g/mol. The molecule has 2 rings (SSSR count). The molecule has 3 heteroatoms. The zero-order chi connectivity index (χ0) is 11.6. The fraction of sp³-hybridized carbons (Fsp3) is 0.769. The summed E-state index contributed by atoms with van der Waals surface area (Å²) in [6, 6.07) is 0. The van der Waals surface area contributed by atoms with Crippen molar-refractivity contribution in [1.29, 1.82) is 0 Å². The summed E-state index contributed by atoms with van der Waals surface area (Å²) in [7, 11) is 0. The second-order valence-electron chi connectivity index (χ2n) is 5.37. The molecule has 0 aliphatic heterocycles. The van der Waals surface area contributed by atoms with Gasteiger partial charge in [-0.3, -0.25) is 0 Å². The molecule has 1 fully saturated rings. The smallest absolute Gasteiger partial charge is 0.208 e. The highest BCUT2D eigenvalue weighted by Gasteiger charge is 2.27. The zero-order valence-corrected chi connectivity index (χ0v) is 10.6. The Hall–Kier alpha value is -0.830. The van der Waals surface area contributed by atoms with Crippen molar-refractivity contribution in [2.45, 2.75) is 53.0 Å². The van der Waals surface area contributed by atoms with Crippen molar-refractivity contribution in [3.8, 4) is 0 Å². The third-order valence-electron chi connectivity index (χ3n) is 3.71. The Balaban J connectivity index is 1.79. The first-order valence-corrected chi connectivity index (χ1v) is 6.23. The fourth-order valence-corrected chi connectivity index (χ4v) is 2.49. The van der Waals surface area contributed by atoms with Gasteiger partial charge in [0, 0.05) is 6.54 Å². The molecule has 3 nitrogen and oxygen atoms in total. The maximum atomic E-state index is 5.54. The van der Waals surface area contributed by atoms with Gasteiger partial charge >= 0.3 is 0 Å². The van der Waals surface area contributed by atoms with Crippen LogP contribution in [-0.2, 0) is 6.54 Å². The molecule has 1 aromatic rings. The van der Waals surface area contributed by atoms with Crippen LogP contribution in [0.3, 0.4) is 0 Å². The minimum atomic E-state index is 0.497. The van der Waals surface area contributed by atoms with Crippen molar-refractivity contribution in [2.24, 2.45) is 5.41 Å². The molecule has 0 atom stereocenters. The van der Waals surface area contributed by atoms with E-state index in [4.69, 9.17) is 4.42 Å². The molecular weight excluding hydrogens is 200 g/mol. The van der Waals surface area contributed by atoms with Crippen LogP contribution >= 0.6 is 0 Å². The van der Waals surface area contributed by atoms with Crippen LogP contribution in [0.1, 0.15) is 50.0 Å². The van der Waals surface area contributed by atoms with Crippen molar-refractivity contribution in [3.05, 3.63) is 17.3 Å². The van der Waals surface area contributed by atoms with E-state index in [1.54, 1.807) is 0 Å². The maximum absolute atomic E-state index is 5.54. The Kier molecular flexibility index (Phi) is 3.33. The molecule has 0 spiro atoms. The molecule has 0 bridgehead atoms. The quantitative estimate of drug-likeness (QED) is 0.851. The normalized spacial score (nSPS) is 19.2. The van der Waals surface area contributed by atoms with Gasteiger partial charge in [-0.15, -0.1) is 0 Å². The van der Waals surface area contributed by atoms with E-state index in [9.17, 15) is 0 Å². The van der Waals surface area contributed by atoms with Crippen LogP contribution in [-0.4, -0.2) is 11.5 Å². The largest absolute Gasteiger partial charge is 0.444 e. The highest BCUT2D eigenvalue weighted by Crippen LogP contribution is 2.36. The van der Waals surface area contributed by atoms with Crippen molar-refractivity contribution >= 4 is 0 Å². The van der Waals surface area contributed by atoms with E-state index < -0.39 is 0 Å². The Morgan fingerprint density at radius 2 is 2.00 bits per heavy atom. The molecule has 1 N–H and O–H groups in total. The van der Waals surface area contributed by atoms with E-state index in [2.05, 4.69) is 17.2 Å². The van der Waals surface area contributed by atoms with Gasteiger partial charge in [0.1, 0.15) is 5.76 Å². The Morgan fingerprint density at radius 3 is 2.56 bits per heavy atom. The summed E-state index contributed by atoms with van der Waals surface area (Å²) in [5.74, 6) is 1.75. The van der Waals surface area contributed by atoms with Crippen molar-refractivity contribution in [3.63, 3.8) is 0 Å². The number of nitrogens with zero attached hydrogens (tertiary/aromatic N) is 1. The number of hydrogen-bond donors (Lipinski definition) is 1. The number of hydrogen-bond acceptors (Lipinski definition) is 3. The lowest BCUT2D eigenvalue weighted by Crippen LogP contribution is -2.29. The molecule has 0 saturated heterocycles. The van der Waals surface area contributed by atoms with E-state index in [1.165, 1.54) is 25.7 Å². The maximum Gasteiger partial charge on any atom is 0.208 e. The lowest BCUT2D eigenvalue weighted by Gasteiger charge is -2.23. The SMILES string of the molecule is Cc1nc(CNCC2(C)CCCC2)oc1C. The van der Waals surface area contributed by atoms with Gasteiger partial charge in [0.2, 0.25) is 5.89 Å². The van der Waals surface area contributed by atoms with Crippen molar-refractivity contribution in [2.75, 3.05) is 6.54 Å². The summed E-state index contributed by atoms with van der Waals surface area (Å²) >= 11 is 0. The fourth-order valence-electron chi connectivity index (χ4n) is 2.49. The highest BCUT2D eigenvalue weighted by atomic mass is 16.4. The van der Waals surface area contributed by atoms with E-state index in [0.29, 0.717) is 5.41 Å². The summed E-state index contributed by atoms with van der Waals surface area (Å²) in [6.07, 6.45) is 5.47. The molecule has 1 saturated carbocycles. The molecule has 16 heavy (non-hydrogen) atoms. The summed E-state index contributed by atoms with van der Waals surface area (Å²) in [5.41, 5.74) is 1.50. The number of rotatable bonds is 4. The van der Waals surface area contributed by atoms with Gasteiger partial charge in [0.25, 0.3) is 0 Å². The highest BCUT2D eigenvalue weighted by molar-refractivity contribution is 5.05. The van der Waals surface area contributed by atoms with Crippen LogP contribution in [0, 0.1) is 19.3 Å². The molecule has 0 radical (unpaired) electrons. The molecule has 0 aromatic carbocycles. The Bertz CT molecular complexity index is 331. The predicted octanol–water partition coefficient (Wildman–Crippen LogP) is 2.96. The van der Waals surface area contributed by atoms with Gasteiger partial charge in [-0.2, -0.15) is 0 Å². The lowest BCUT2D eigenvalue weighted by atomic mass is 9.89. The predicted molar refractivity (Wildman–Crippen MR) is 64.3 cm³/mol. The van der Waals surface area contributed by atoms with Gasteiger partial charge in [-0.25, -0.2) is 4.98 Å². The van der Waals surface area contributed by atoms with Crippen molar-refractivity contribution in [1.82, 2.24) is 10.3 Å². The summed E-state index contributed by atoms with van der Waals surface area (Å²) < 4.78 is 5.54. The number of aromatic nitrogens is 1. The number of oxazole rings is 1. The van der Waals surface area contributed by atoms with E-state index in [1.807, 2.05) is 13.8 Å². The van der Waals surface area contributed by atoms with Gasteiger partial charge in [0.15, 0.2) is 0 Å². The van der Waals surface area contributed by atoms with Gasteiger partial charge < -0.3 is 9.73 Å². The molecule has 0 amide bonds. The van der Waals surface area contributed by atoms with E-state index >= 15 is 0 Å². The second-order valence-corrected chi connectivity index (χ2v) is 5.37. The molecule has 1 aliphatic carbocycles. The minimum Gasteiger partial charge on any atom is -0.444 e. The third-order valence-corrected chi connectivity index (χ3v) is 3.71. The molecule has 1 heterocycles. The molecule has 0 unspecified atom stereocenters. The molecular formula is C13H22N2O. The zero-order valence-electron chi connectivity index (χ0n) is 10.6. The van der Waals surface area contributed by atoms with Crippen LogP contribution < -0.4 is 5.32 Å². The van der Waals surface area contributed by atoms with Crippen LogP contribution in [0.5, 0.6) is 0 Å². The number of nitrogens with one attached hydrogen (secondary N) is 1. The summed E-state index contributed by atoms with van der Waals surface area (Å²) in [4.78, 5) is 4.37. The van der Waals surface area contributed by atoms with Gasteiger partial charge in [0.05, 0.1) is 12.2 Å². The Labute approximate surface area is 97.6 Å². The minimum absolute atomic E-state index is 0.497. The van der Waals surface area contributed by atoms with Crippen LogP contribution in [0.4, 0.5) is 0 Å². The van der Waals surface area contributed by atoms with Crippen molar-refractivity contribution < 1.29 is 4.42 Å². The summed E-state index contributed by atoms with van der Waals surface area (Å²) in [6.45, 7) is 8.15. The average Bonchev–Trinajstić information content (AvgIpc) is 2.76. The van der Waals surface area contributed by atoms with E-state index in [-0.39, 0.29) is 0 Å². The van der Waals surface area contributed by atoms with Crippen LogP contribution in [0.15, 0.2) is 4.42 Å². The van der Waals surface area contributed by atoms with Gasteiger partial charge in [-0.1, -0.05) is 19.8 Å². The van der Waals surface area contributed by atoms with Crippen LogP contribution in [0.25, 0.3) is 0 Å². The molecule has 1 aromatic heterocycles. The number of aryl methyl sites for hydroxylation is 2. The Morgan fingerprint density at radius 1 is 1.31 bits per heavy atom. The summed E-state index contributed by atoms with van der Waals surface area (Å²) in [5, 5.41) is 3.47. The molecule has 90 valence electrons. The van der Waals surface area contributed by atoms with E-state index in [0.717, 1.165) is 30.4 Å².